The predicted molar refractivity (Wildman–Crippen MR) is 89.8 cm³/mol. The van der Waals surface area contributed by atoms with E-state index in [1.165, 1.54) is 12.8 Å². The third-order valence-electron chi connectivity index (χ3n) is 4.57. The van der Waals surface area contributed by atoms with Crippen LogP contribution in [0.15, 0.2) is 24.3 Å². The Balaban J connectivity index is 0.00000176. The number of nitrogens with one attached hydrogen (secondary N) is 2. The fourth-order valence-corrected chi connectivity index (χ4v) is 3.41. The summed E-state index contributed by atoms with van der Waals surface area (Å²) in [6.07, 6.45) is 2.44. The number of hydrogen-bond donors (Lipinski definition) is 2. The summed E-state index contributed by atoms with van der Waals surface area (Å²) < 4.78 is 5.16. The van der Waals surface area contributed by atoms with Crippen LogP contribution in [0.3, 0.4) is 0 Å². The Bertz CT molecular complexity index is 518. The second kappa shape index (κ2) is 7.31. The molecule has 0 aromatic heterocycles. The van der Waals surface area contributed by atoms with E-state index in [9.17, 15) is 4.79 Å². The number of benzene rings is 1. The van der Waals surface area contributed by atoms with E-state index in [-0.39, 0.29) is 18.3 Å². The predicted octanol–water partition coefficient (Wildman–Crippen LogP) is 1.74. The Morgan fingerprint density at radius 1 is 1.45 bits per heavy atom. The molecule has 2 N–H and O–H groups in total. The molecule has 2 saturated heterocycles. The lowest BCUT2D eigenvalue weighted by Crippen LogP contribution is -2.34. The second-order valence-electron chi connectivity index (χ2n) is 6.17. The number of nitrogens with zero attached hydrogens (tertiary/aromatic N) is 1. The number of carbonyl (C=O) groups excluding carboxylic acids is 1. The van der Waals surface area contributed by atoms with Crippen LogP contribution in [0.5, 0.6) is 5.75 Å². The van der Waals surface area contributed by atoms with Crippen LogP contribution in [0.25, 0.3) is 0 Å². The van der Waals surface area contributed by atoms with Crippen molar-refractivity contribution in [1.82, 2.24) is 10.2 Å². The number of amides is 1. The van der Waals surface area contributed by atoms with Crippen molar-refractivity contribution in [2.24, 2.45) is 5.41 Å². The van der Waals surface area contributed by atoms with Crippen molar-refractivity contribution in [1.29, 1.82) is 0 Å². The van der Waals surface area contributed by atoms with E-state index in [0.717, 1.165) is 37.6 Å². The fourth-order valence-electron chi connectivity index (χ4n) is 3.41. The molecule has 2 aliphatic rings. The highest BCUT2D eigenvalue weighted by atomic mass is 35.5. The average Bonchev–Trinajstić information content (AvgIpc) is 3.09. The number of methoxy groups -OCH3 is 1. The van der Waals surface area contributed by atoms with Gasteiger partial charge in [0.15, 0.2) is 0 Å². The van der Waals surface area contributed by atoms with E-state index in [4.69, 9.17) is 4.74 Å². The van der Waals surface area contributed by atoms with Gasteiger partial charge in [0, 0.05) is 24.8 Å². The zero-order valence-corrected chi connectivity index (χ0v) is 13.7. The van der Waals surface area contributed by atoms with Crippen LogP contribution in [-0.4, -0.2) is 50.6 Å². The molecule has 2 aliphatic heterocycles. The number of rotatable bonds is 4. The molecule has 0 radical (unpaired) electrons. The summed E-state index contributed by atoms with van der Waals surface area (Å²) in [6.45, 7) is 4.74. The number of likely N-dealkylation sites (tertiary alicyclic amines) is 1. The number of halogens is 1. The molecule has 2 fully saturated rings. The van der Waals surface area contributed by atoms with Gasteiger partial charge in [-0.15, -0.1) is 12.4 Å². The van der Waals surface area contributed by atoms with Crippen LogP contribution in [0.2, 0.25) is 0 Å². The minimum Gasteiger partial charge on any atom is -0.497 e. The highest BCUT2D eigenvalue weighted by Gasteiger charge is 2.40. The first kappa shape index (κ1) is 17.1. The highest BCUT2D eigenvalue weighted by molar-refractivity contribution is 5.92. The molecule has 0 saturated carbocycles. The first-order valence-electron chi connectivity index (χ1n) is 7.56. The summed E-state index contributed by atoms with van der Waals surface area (Å²) in [6, 6.07) is 7.47. The number of ether oxygens (including phenoxy) is 1. The van der Waals surface area contributed by atoms with Crippen molar-refractivity contribution in [3.05, 3.63) is 24.3 Å². The molecule has 6 heteroatoms. The summed E-state index contributed by atoms with van der Waals surface area (Å²) in [5.74, 6) is 0.802. The van der Waals surface area contributed by atoms with E-state index in [1.54, 1.807) is 7.11 Å². The third-order valence-corrected chi connectivity index (χ3v) is 4.57. The van der Waals surface area contributed by atoms with Crippen molar-refractivity contribution in [3.8, 4) is 5.75 Å². The van der Waals surface area contributed by atoms with Crippen LogP contribution < -0.4 is 15.4 Å². The Hall–Kier alpha value is -1.30. The van der Waals surface area contributed by atoms with E-state index >= 15 is 0 Å². The first-order chi connectivity index (χ1) is 10.2. The molecule has 1 aromatic rings. The summed E-state index contributed by atoms with van der Waals surface area (Å²) in [4.78, 5) is 14.4. The minimum absolute atomic E-state index is 0. The van der Waals surface area contributed by atoms with E-state index in [0.29, 0.717) is 12.0 Å². The first-order valence-corrected chi connectivity index (χ1v) is 7.56. The van der Waals surface area contributed by atoms with Crippen molar-refractivity contribution < 1.29 is 9.53 Å². The third kappa shape index (κ3) is 3.91. The molecule has 2 heterocycles. The fraction of sp³-hybridized carbons (Fsp3) is 0.562. The van der Waals surface area contributed by atoms with Gasteiger partial charge < -0.3 is 15.4 Å². The Morgan fingerprint density at radius 3 is 3.05 bits per heavy atom. The lowest BCUT2D eigenvalue weighted by atomic mass is 9.87. The Morgan fingerprint density at radius 2 is 2.32 bits per heavy atom. The smallest absolute Gasteiger partial charge is 0.238 e. The number of carbonyl (C=O) groups is 1. The SMILES string of the molecule is COc1cccc(NC(=O)CN2CCC3(CCNC3)C2)c1.Cl. The van der Waals surface area contributed by atoms with Gasteiger partial charge in [-0.3, -0.25) is 9.69 Å². The van der Waals surface area contributed by atoms with Gasteiger partial charge in [-0.2, -0.15) is 0 Å². The maximum atomic E-state index is 12.2. The molecule has 1 amide bonds. The van der Waals surface area contributed by atoms with Gasteiger partial charge in [0.25, 0.3) is 0 Å². The van der Waals surface area contributed by atoms with Crippen LogP contribution in [-0.2, 0) is 4.79 Å². The van der Waals surface area contributed by atoms with E-state index in [2.05, 4.69) is 15.5 Å². The van der Waals surface area contributed by atoms with E-state index < -0.39 is 0 Å². The quantitative estimate of drug-likeness (QED) is 0.885. The molecule has 1 aromatic carbocycles. The van der Waals surface area contributed by atoms with Gasteiger partial charge in [-0.05, 0) is 43.5 Å². The highest BCUT2D eigenvalue weighted by Crippen LogP contribution is 2.35. The monoisotopic (exact) mass is 325 g/mol. The molecule has 3 rings (SSSR count). The van der Waals surface area contributed by atoms with Crippen LogP contribution in [0.4, 0.5) is 5.69 Å². The van der Waals surface area contributed by atoms with Gasteiger partial charge in [0.2, 0.25) is 5.91 Å². The molecule has 122 valence electrons. The van der Waals surface area contributed by atoms with E-state index in [1.807, 2.05) is 24.3 Å². The molecule has 5 nitrogen and oxygen atoms in total. The standard InChI is InChI=1S/C16H23N3O2.ClH/c1-21-14-4-2-3-13(9-14)18-15(20)10-19-8-6-16(12-19)5-7-17-11-16;/h2-4,9,17H,5-8,10-12H2,1H3,(H,18,20);1H. The molecule has 22 heavy (non-hydrogen) atoms. The molecular formula is C16H24ClN3O2. The lowest BCUT2D eigenvalue weighted by Gasteiger charge is -2.22. The minimum atomic E-state index is 0. The summed E-state index contributed by atoms with van der Waals surface area (Å²) in [5.41, 5.74) is 1.20. The molecule has 1 spiro atoms. The van der Waals surface area contributed by atoms with Crippen LogP contribution in [0, 0.1) is 5.41 Å². The Labute approximate surface area is 137 Å². The Kier molecular flexibility index (Phi) is 5.67. The van der Waals surface area contributed by atoms with Crippen LogP contribution in [0.1, 0.15) is 12.8 Å². The number of anilines is 1. The molecule has 0 aliphatic carbocycles. The summed E-state index contributed by atoms with van der Waals surface area (Å²) in [7, 11) is 1.63. The van der Waals surface area contributed by atoms with Gasteiger partial charge in [-0.1, -0.05) is 6.07 Å². The van der Waals surface area contributed by atoms with Crippen molar-refractivity contribution in [2.45, 2.75) is 12.8 Å². The average molecular weight is 326 g/mol. The topological polar surface area (TPSA) is 53.6 Å². The zero-order chi connectivity index (χ0) is 14.7. The summed E-state index contributed by atoms with van der Waals surface area (Å²) >= 11 is 0. The maximum Gasteiger partial charge on any atom is 0.238 e. The molecular weight excluding hydrogens is 302 g/mol. The number of hydrogen-bond acceptors (Lipinski definition) is 4. The maximum absolute atomic E-state index is 12.2. The van der Waals surface area contributed by atoms with Gasteiger partial charge in [0.05, 0.1) is 13.7 Å². The van der Waals surface area contributed by atoms with Gasteiger partial charge in [0.1, 0.15) is 5.75 Å². The lowest BCUT2D eigenvalue weighted by molar-refractivity contribution is -0.117. The molecule has 1 atom stereocenters. The van der Waals surface area contributed by atoms with Crippen LogP contribution >= 0.6 is 12.4 Å². The normalized spacial score (nSPS) is 24.2. The summed E-state index contributed by atoms with van der Waals surface area (Å²) in [5, 5.41) is 6.39. The second-order valence-corrected chi connectivity index (χ2v) is 6.17. The van der Waals surface area contributed by atoms with Crippen molar-refractivity contribution in [3.63, 3.8) is 0 Å². The van der Waals surface area contributed by atoms with Crippen molar-refractivity contribution in [2.75, 3.05) is 45.2 Å². The van der Waals surface area contributed by atoms with Gasteiger partial charge in [-0.25, -0.2) is 0 Å². The van der Waals surface area contributed by atoms with Gasteiger partial charge >= 0.3 is 0 Å². The largest absolute Gasteiger partial charge is 0.497 e. The molecule has 0 bridgehead atoms. The van der Waals surface area contributed by atoms with Crippen molar-refractivity contribution >= 4 is 24.0 Å². The molecule has 1 unspecified atom stereocenters. The zero-order valence-electron chi connectivity index (χ0n) is 12.9.